The average molecular weight is 201 g/mol. The zero-order valence-electron chi connectivity index (χ0n) is 10.6. The molecule has 0 saturated carbocycles. The first-order valence-electron chi connectivity index (χ1n) is 5.65. The second-order valence-corrected chi connectivity index (χ2v) is 5.78. The minimum Gasteiger partial charge on any atom is -0.392 e. The van der Waals surface area contributed by atoms with Crippen molar-refractivity contribution in [2.24, 2.45) is 11.3 Å². The quantitative estimate of drug-likeness (QED) is 0.716. The molecule has 0 rings (SSSR count). The highest BCUT2D eigenvalue weighted by molar-refractivity contribution is 4.77. The van der Waals surface area contributed by atoms with Gasteiger partial charge in [-0.2, -0.15) is 0 Å². The van der Waals surface area contributed by atoms with Crippen molar-refractivity contribution in [3.8, 4) is 0 Å². The van der Waals surface area contributed by atoms with E-state index in [1.54, 1.807) is 0 Å². The first-order chi connectivity index (χ1) is 6.23. The van der Waals surface area contributed by atoms with Crippen LogP contribution in [0.1, 0.15) is 48.0 Å². The summed E-state index contributed by atoms with van der Waals surface area (Å²) in [6.45, 7) is 13.8. The van der Waals surface area contributed by atoms with E-state index in [9.17, 15) is 5.11 Å². The molecule has 2 heteroatoms. The maximum absolute atomic E-state index is 9.67. The van der Waals surface area contributed by atoms with Crippen LogP contribution in [0.25, 0.3) is 0 Å². The maximum Gasteiger partial charge on any atom is 0.0667 e. The summed E-state index contributed by atoms with van der Waals surface area (Å²) in [6, 6.07) is 0.435. The van der Waals surface area contributed by atoms with E-state index in [0.717, 1.165) is 6.42 Å². The van der Waals surface area contributed by atoms with Crippen LogP contribution >= 0.6 is 0 Å². The second kappa shape index (κ2) is 5.72. The lowest BCUT2D eigenvalue weighted by atomic mass is 9.88. The van der Waals surface area contributed by atoms with Gasteiger partial charge in [0.1, 0.15) is 0 Å². The Balaban J connectivity index is 3.72. The SMILES string of the molecule is CC(C)CC(O)CNC(C)C(C)(C)C. The summed E-state index contributed by atoms with van der Waals surface area (Å²) in [6.07, 6.45) is 0.670. The Bertz CT molecular complexity index is 149. The van der Waals surface area contributed by atoms with Crippen LogP contribution in [0, 0.1) is 11.3 Å². The highest BCUT2D eigenvalue weighted by Crippen LogP contribution is 2.18. The number of hydrogen-bond acceptors (Lipinski definition) is 2. The smallest absolute Gasteiger partial charge is 0.0667 e. The highest BCUT2D eigenvalue weighted by atomic mass is 16.3. The molecular weight excluding hydrogens is 174 g/mol. The van der Waals surface area contributed by atoms with Crippen LogP contribution in [-0.4, -0.2) is 23.8 Å². The molecule has 0 saturated heterocycles. The van der Waals surface area contributed by atoms with Gasteiger partial charge in [-0.1, -0.05) is 34.6 Å². The van der Waals surface area contributed by atoms with E-state index in [0.29, 0.717) is 18.5 Å². The van der Waals surface area contributed by atoms with Crippen molar-refractivity contribution in [3.05, 3.63) is 0 Å². The fourth-order valence-corrected chi connectivity index (χ4v) is 1.25. The molecule has 0 aliphatic carbocycles. The molecular formula is C12H27NO. The van der Waals surface area contributed by atoms with E-state index in [1.165, 1.54) is 0 Å². The first kappa shape index (κ1) is 13.9. The van der Waals surface area contributed by atoms with Crippen LogP contribution in [0.5, 0.6) is 0 Å². The van der Waals surface area contributed by atoms with Gasteiger partial charge < -0.3 is 10.4 Å². The molecule has 2 unspecified atom stereocenters. The van der Waals surface area contributed by atoms with Crippen molar-refractivity contribution in [1.29, 1.82) is 0 Å². The normalized spacial score (nSPS) is 17.1. The molecule has 0 fully saturated rings. The fraction of sp³-hybridized carbons (Fsp3) is 1.00. The maximum atomic E-state index is 9.67. The Kier molecular flexibility index (Phi) is 5.68. The molecule has 2 nitrogen and oxygen atoms in total. The largest absolute Gasteiger partial charge is 0.392 e. The molecule has 14 heavy (non-hydrogen) atoms. The van der Waals surface area contributed by atoms with Gasteiger partial charge in [-0.3, -0.25) is 0 Å². The molecule has 0 amide bonds. The molecule has 0 spiro atoms. The molecule has 0 bridgehead atoms. The lowest BCUT2D eigenvalue weighted by Crippen LogP contribution is -2.41. The summed E-state index contributed by atoms with van der Waals surface area (Å²) in [5.41, 5.74) is 0.261. The van der Waals surface area contributed by atoms with Gasteiger partial charge in [-0.05, 0) is 24.7 Å². The fourth-order valence-electron chi connectivity index (χ4n) is 1.25. The Morgan fingerprint density at radius 1 is 1.14 bits per heavy atom. The van der Waals surface area contributed by atoms with E-state index in [1.807, 2.05) is 0 Å². The van der Waals surface area contributed by atoms with Crippen LogP contribution in [0.2, 0.25) is 0 Å². The molecule has 0 heterocycles. The van der Waals surface area contributed by atoms with Crippen molar-refractivity contribution < 1.29 is 5.11 Å². The number of rotatable bonds is 5. The Morgan fingerprint density at radius 2 is 1.64 bits per heavy atom. The van der Waals surface area contributed by atoms with Gasteiger partial charge in [0.25, 0.3) is 0 Å². The molecule has 0 radical (unpaired) electrons. The lowest BCUT2D eigenvalue weighted by Gasteiger charge is -2.29. The van der Waals surface area contributed by atoms with E-state index >= 15 is 0 Å². The predicted octanol–water partition coefficient (Wildman–Crippen LogP) is 2.42. The van der Waals surface area contributed by atoms with Crippen LogP contribution in [0.4, 0.5) is 0 Å². The summed E-state index contributed by atoms with van der Waals surface area (Å²) in [4.78, 5) is 0. The monoisotopic (exact) mass is 201 g/mol. The lowest BCUT2D eigenvalue weighted by molar-refractivity contribution is 0.134. The minimum absolute atomic E-state index is 0.209. The molecule has 0 aromatic carbocycles. The van der Waals surface area contributed by atoms with Crippen molar-refractivity contribution >= 4 is 0 Å². The molecule has 0 aliphatic heterocycles. The van der Waals surface area contributed by atoms with Gasteiger partial charge in [-0.25, -0.2) is 0 Å². The highest BCUT2D eigenvalue weighted by Gasteiger charge is 2.20. The third-order valence-corrected chi connectivity index (χ3v) is 2.70. The average Bonchev–Trinajstić information content (AvgIpc) is 1.96. The molecule has 86 valence electrons. The van der Waals surface area contributed by atoms with E-state index in [-0.39, 0.29) is 11.5 Å². The third kappa shape index (κ3) is 6.39. The third-order valence-electron chi connectivity index (χ3n) is 2.70. The minimum atomic E-state index is -0.209. The van der Waals surface area contributed by atoms with Crippen molar-refractivity contribution in [3.63, 3.8) is 0 Å². The Labute approximate surface area is 89.1 Å². The summed E-state index contributed by atoms with van der Waals surface area (Å²) in [5.74, 6) is 0.566. The Morgan fingerprint density at radius 3 is 2.00 bits per heavy atom. The molecule has 0 aromatic rings. The molecule has 0 aliphatic rings. The van der Waals surface area contributed by atoms with E-state index in [4.69, 9.17) is 0 Å². The Hall–Kier alpha value is -0.0800. The molecule has 2 atom stereocenters. The van der Waals surface area contributed by atoms with Crippen molar-refractivity contribution in [2.75, 3.05) is 6.54 Å². The van der Waals surface area contributed by atoms with Crippen LogP contribution in [0.3, 0.4) is 0 Å². The van der Waals surface area contributed by atoms with Crippen molar-refractivity contribution in [2.45, 2.75) is 60.1 Å². The van der Waals surface area contributed by atoms with E-state index in [2.05, 4.69) is 46.9 Å². The van der Waals surface area contributed by atoms with Gasteiger partial charge >= 0.3 is 0 Å². The van der Waals surface area contributed by atoms with Crippen LogP contribution < -0.4 is 5.32 Å². The van der Waals surface area contributed by atoms with Crippen LogP contribution in [-0.2, 0) is 0 Å². The second-order valence-electron chi connectivity index (χ2n) is 5.78. The summed E-state index contributed by atoms with van der Waals surface area (Å²) in [7, 11) is 0. The van der Waals surface area contributed by atoms with Gasteiger partial charge in [0.15, 0.2) is 0 Å². The number of nitrogens with one attached hydrogen (secondary N) is 1. The van der Waals surface area contributed by atoms with E-state index < -0.39 is 0 Å². The zero-order chi connectivity index (χ0) is 11.4. The number of aliphatic hydroxyl groups is 1. The summed E-state index contributed by atoms with van der Waals surface area (Å²) < 4.78 is 0. The van der Waals surface area contributed by atoms with Gasteiger partial charge in [-0.15, -0.1) is 0 Å². The summed E-state index contributed by atoms with van der Waals surface area (Å²) >= 11 is 0. The number of aliphatic hydroxyl groups excluding tert-OH is 1. The zero-order valence-corrected chi connectivity index (χ0v) is 10.6. The summed E-state index contributed by atoms with van der Waals surface area (Å²) in [5, 5.41) is 13.0. The van der Waals surface area contributed by atoms with Gasteiger partial charge in [0, 0.05) is 12.6 Å². The predicted molar refractivity (Wildman–Crippen MR) is 62.4 cm³/mol. The van der Waals surface area contributed by atoms with Crippen LogP contribution in [0.15, 0.2) is 0 Å². The van der Waals surface area contributed by atoms with Crippen molar-refractivity contribution in [1.82, 2.24) is 5.32 Å². The standard InChI is InChI=1S/C12H27NO/c1-9(2)7-11(14)8-13-10(3)12(4,5)6/h9-11,13-14H,7-8H2,1-6H3. The number of hydrogen-bond donors (Lipinski definition) is 2. The topological polar surface area (TPSA) is 32.3 Å². The first-order valence-corrected chi connectivity index (χ1v) is 5.65. The molecule has 0 aromatic heterocycles. The molecule has 2 N–H and O–H groups in total. The van der Waals surface area contributed by atoms with Gasteiger partial charge in [0.2, 0.25) is 0 Å². The van der Waals surface area contributed by atoms with Gasteiger partial charge in [0.05, 0.1) is 6.10 Å².